The summed E-state index contributed by atoms with van der Waals surface area (Å²) in [5, 5.41) is 3.86. The van der Waals surface area contributed by atoms with E-state index in [1.54, 1.807) is 0 Å². The van der Waals surface area contributed by atoms with Gasteiger partial charge in [-0.15, -0.1) is 0 Å². The van der Waals surface area contributed by atoms with Gasteiger partial charge in [0.15, 0.2) is 5.82 Å². The van der Waals surface area contributed by atoms with Crippen LogP contribution in [0.25, 0.3) is 22.5 Å². The summed E-state index contributed by atoms with van der Waals surface area (Å²) < 4.78 is 12.0. The third kappa shape index (κ3) is 6.55. The molecule has 1 aliphatic heterocycles. The second kappa shape index (κ2) is 13.2. The third-order valence-corrected chi connectivity index (χ3v) is 7.84. The Morgan fingerprint density at radius 1 is 1.02 bits per heavy atom. The number of aryl methyl sites for hydroxylation is 2. The van der Waals surface area contributed by atoms with Gasteiger partial charge in [0.05, 0.1) is 30.4 Å². The van der Waals surface area contributed by atoms with E-state index in [0.717, 1.165) is 71.1 Å². The molecule has 214 valence electrons. The van der Waals surface area contributed by atoms with E-state index in [0.29, 0.717) is 44.0 Å². The van der Waals surface area contributed by atoms with Gasteiger partial charge >= 0.3 is 5.76 Å². The minimum Gasteiger partial charge on any atom is -0.378 e. The van der Waals surface area contributed by atoms with Crippen molar-refractivity contribution in [2.75, 3.05) is 26.3 Å². The lowest BCUT2D eigenvalue weighted by molar-refractivity contribution is 0.0684. The SMILES string of the molecule is CCCCc1nc(CC)c(CC(=S)N2CCOCC2)c(=O)n1Cc1ccc(-c2ccccc2-c2noc(=O)[nH]2)cc1. The van der Waals surface area contributed by atoms with E-state index in [1.165, 1.54) is 0 Å². The third-order valence-electron chi connectivity index (χ3n) is 7.44. The van der Waals surface area contributed by atoms with E-state index >= 15 is 0 Å². The number of rotatable bonds is 10. The first-order valence-electron chi connectivity index (χ1n) is 14.2. The van der Waals surface area contributed by atoms with E-state index in [1.807, 2.05) is 60.0 Å². The molecule has 4 aromatic rings. The maximum atomic E-state index is 14.0. The quantitative estimate of drug-likeness (QED) is 0.278. The molecule has 9 nitrogen and oxygen atoms in total. The minimum absolute atomic E-state index is 0.0111. The van der Waals surface area contributed by atoms with Gasteiger partial charge in [0, 0.05) is 37.1 Å². The Kier molecular flexibility index (Phi) is 9.21. The van der Waals surface area contributed by atoms with Crippen molar-refractivity contribution in [1.82, 2.24) is 24.6 Å². The monoisotopic (exact) mass is 573 g/mol. The number of nitrogens with one attached hydrogen (secondary N) is 1. The molecule has 1 aliphatic rings. The average molecular weight is 574 g/mol. The summed E-state index contributed by atoms with van der Waals surface area (Å²) in [5.74, 6) is 0.604. The Hall–Kier alpha value is -3.89. The maximum absolute atomic E-state index is 14.0. The van der Waals surface area contributed by atoms with Crippen LogP contribution in [0.1, 0.15) is 49.3 Å². The van der Waals surface area contributed by atoms with E-state index in [2.05, 4.69) is 22.0 Å². The van der Waals surface area contributed by atoms with Gasteiger partial charge in [0.2, 0.25) is 0 Å². The van der Waals surface area contributed by atoms with Crippen LogP contribution in [0.2, 0.25) is 0 Å². The maximum Gasteiger partial charge on any atom is 0.439 e. The summed E-state index contributed by atoms with van der Waals surface area (Å²) in [5.41, 5.74) is 5.16. The average Bonchev–Trinajstić information content (AvgIpc) is 3.45. The molecule has 0 radical (unpaired) electrons. The lowest BCUT2D eigenvalue weighted by Gasteiger charge is -2.29. The largest absolute Gasteiger partial charge is 0.439 e. The smallest absolute Gasteiger partial charge is 0.378 e. The Morgan fingerprint density at radius 2 is 1.76 bits per heavy atom. The minimum atomic E-state index is -0.595. The fourth-order valence-electron chi connectivity index (χ4n) is 5.18. The number of H-pyrrole nitrogens is 1. The molecule has 0 aliphatic carbocycles. The number of morpholine rings is 1. The highest BCUT2D eigenvalue weighted by Gasteiger charge is 2.21. The number of ether oxygens (including phenoxy) is 1. The molecule has 2 aromatic heterocycles. The van der Waals surface area contributed by atoms with Crippen LogP contribution < -0.4 is 11.3 Å². The second-order valence-corrected chi connectivity index (χ2v) is 10.6. The van der Waals surface area contributed by atoms with Crippen LogP contribution in [0.3, 0.4) is 0 Å². The Bertz CT molecular complexity index is 1620. The number of nitrogens with zero attached hydrogens (tertiary/aromatic N) is 4. The van der Waals surface area contributed by atoms with Gasteiger partial charge in [0.1, 0.15) is 5.82 Å². The van der Waals surface area contributed by atoms with E-state index < -0.39 is 5.76 Å². The Morgan fingerprint density at radius 3 is 2.41 bits per heavy atom. The number of aromatic nitrogens is 4. The fourth-order valence-corrected chi connectivity index (χ4v) is 5.51. The fraction of sp³-hybridized carbons (Fsp3) is 0.387. The number of unbranched alkanes of at least 4 members (excludes halogenated alkanes) is 1. The van der Waals surface area contributed by atoms with Crippen LogP contribution in [0.15, 0.2) is 62.6 Å². The molecule has 1 fully saturated rings. The molecule has 1 N–H and O–H groups in total. The number of benzene rings is 2. The predicted octanol–water partition coefficient (Wildman–Crippen LogP) is 4.41. The molecule has 0 spiro atoms. The van der Waals surface area contributed by atoms with Crippen molar-refractivity contribution in [2.24, 2.45) is 0 Å². The van der Waals surface area contributed by atoms with Crippen molar-refractivity contribution in [3.05, 3.63) is 92.1 Å². The predicted molar refractivity (Wildman–Crippen MR) is 162 cm³/mol. The molecular weight excluding hydrogens is 538 g/mol. The van der Waals surface area contributed by atoms with Crippen LogP contribution in [0.5, 0.6) is 0 Å². The van der Waals surface area contributed by atoms with Gasteiger partial charge in [-0.2, -0.15) is 0 Å². The standard InChI is InChI=1S/C31H35N5O4S/c1-3-5-10-27-32-26(4-2)25(19-28(41)35-15-17-39-18-16-35)30(37)36(27)20-21-11-13-22(14-12-21)23-8-6-7-9-24(23)29-33-31(38)40-34-29/h6-9,11-14H,3-5,10,15-20H2,1-2H3,(H,33,34,38). The Balaban J connectivity index is 1.46. The van der Waals surface area contributed by atoms with E-state index in [-0.39, 0.29) is 5.56 Å². The van der Waals surface area contributed by atoms with Gasteiger partial charge in [-0.25, -0.2) is 9.78 Å². The molecule has 0 bridgehead atoms. The number of thiocarbonyl (C=S) groups is 1. The number of hydrogen-bond acceptors (Lipinski definition) is 7. The normalized spacial score (nSPS) is 13.5. The summed E-state index contributed by atoms with van der Waals surface area (Å²) in [7, 11) is 0. The molecule has 5 rings (SSSR count). The van der Waals surface area contributed by atoms with Crippen molar-refractivity contribution in [1.29, 1.82) is 0 Å². The first kappa shape index (κ1) is 28.6. The molecule has 3 heterocycles. The number of aromatic amines is 1. The van der Waals surface area contributed by atoms with Gasteiger partial charge in [0.25, 0.3) is 5.56 Å². The summed E-state index contributed by atoms with van der Waals surface area (Å²) in [6.07, 6.45) is 3.82. The van der Waals surface area contributed by atoms with Crippen molar-refractivity contribution < 1.29 is 9.26 Å². The molecule has 2 aromatic carbocycles. The van der Waals surface area contributed by atoms with Crippen LogP contribution in [0.4, 0.5) is 0 Å². The lowest BCUT2D eigenvalue weighted by Crippen LogP contribution is -2.42. The van der Waals surface area contributed by atoms with Crippen LogP contribution >= 0.6 is 12.2 Å². The highest BCUT2D eigenvalue weighted by atomic mass is 32.1. The molecule has 1 saturated heterocycles. The molecular formula is C31H35N5O4S. The summed E-state index contributed by atoms with van der Waals surface area (Å²) in [4.78, 5) is 36.1. The highest BCUT2D eigenvalue weighted by Crippen LogP contribution is 2.30. The van der Waals surface area contributed by atoms with Crippen molar-refractivity contribution >= 4 is 17.2 Å². The zero-order chi connectivity index (χ0) is 28.8. The van der Waals surface area contributed by atoms with Gasteiger partial charge in [-0.3, -0.25) is 18.9 Å². The van der Waals surface area contributed by atoms with Crippen LogP contribution in [0, 0.1) is 0 Å². The van der Waals surface area contributed by atoms with Crippen molar-refractivity contribution in [3.63, 3.8) is 0 Å². The highest BCUT2D eigenvalue weighted by molar-refractivity contribution is 7.80. The van der Waals surface area contributed by atoms with Crippen LogP contribution in [-0.2, 0) is 30.5 Å². The molecule has 41 heavy (non-hydrogen) atoms. The first-order chi connectivity index (χ1) is 20.0. The second-order valence-electron chi connectivity index (χ2n) is 10.2. The first-order valence-corrected chi connectivity index (χ1v) is 14.6. The zero-order valence-electron chi connectivity index (χ0n) is 23.5. The molecule has 0 atom stereocenters. The van der Waals surface area contributed by atoms with E-state index in [9.17, 15) is 9.59 Å². The molecule has 10 heteroatoms. The Labute approximate surface area is 244 Å². The van der Waals surface area contributed by atoms with Gasteiger partial charge in [-0.05, 0) is 29.5 Å². The number of hydrogen-bond donors (Lipinski definition) is 1. The molecule has 0 unspecified atom stereocenters. The van der Waals surface area contributed by atoms with Crippen LogP contribution in [-0.4, -0.2) is 55.9 Å². The summed E-state index contributed by atoms with van der Waals surface area (Å²) in [6.45, 7) is 7.40. The lowest BCUT2D eigenvalue weighted by atomic mass is 9.98. The molecule has 0 saturated carbocycles. The summed E-state index contributed by atoms with van der Waals surface area (Å²) >= 11 is 5.77. The van der Waals surface area contributed by atoms with Gasteiger partial charge in [-0.1, -0.05) is 86.2 Å². The van der Waals surface area contributed by atoms with E-state index in [4.69, 9.17) is 26.5 Å². The molecule has 0 amide bonds. The van der Waals surface area contributed by atoms with Crippen molar-refractivity contribution in [2.45, 2.75) is 52.5 Å². The summed E-state index contributed by atoms with van der Waals surface area (Å²) in [6, 6.07) is 15.8. The van der Waals surface area contributed by atoms with Gasteiger partial charge < -0.3 is 9.64 Å². The zero-order valence-corrected chi connectivity index (χ0v) is 24.3. The topological polar surface area (TPSA) is 106 Å². The van der Waals surface area contributed by atoms with Crippen molar-refractivity contribution in [3.8, 4) is 22.5 Å².